The molecule has 17 heavy (non-hydrogen) atoms. The second-order valence-corrected chi connectivity index (χ2v) is 4.93. The monoisotopic (exact) mass is 244 g/mol. The standard InChI is InChI=1S/C13H26NO3/c1-5-6-7-10-16-11-8-9-14-12(15)17-13(2,3)4/h7H,5-6,8-11H2,1-4H3,(H,14,15). The summed E-state index contributed by atoms with van der Waals surface area (Å²) in [5.41, 5.74) is -0.435. The van der Waals surface area contributed by atoms with Gasteiger partial charge in [-0.15, -0.1) is 0 Å². The Kier molecular flexibility index (Phi) is 8.86. The Morgan fingerprint density at radius 3 is 2.65 bits per heavy atom. The molecule has 4 heteroatoms. The minimum absolute atomic E-state index is 0.366. The van der Waals surface area contributed by atoms with Gasteiger partial charge in [0.15, 0.2) is 0 Å². The molecule has 101 valence electrons. The van der Waals surface area contributed by atoms with E-state index in [2.05, 4.69) is 18.7 Å². The molecule has 0 aromatic rings. The molecule has 0 aliphatic rings. The van der Waals surface area contributed by atoms with Crippen LogP contribution < -0.4 is 5.32 Å². The van der Waals surface area contributed by atoms with E-state index in [1.165, 1.54) is 0 Å². The first-order valence-electron chi connectivity index (χ1n) is 6.32. The van der Waals surface area contributed by atoms with Crippen molar-refractivity contribution in [3.05, 3.63) is 6.42 Å². The lowest BCUT2D eigenvalue weighted by atomic mass is 10.2. The van der Waals surface area contributed by atoms with Crippen LogP contribution in [-0.4, -0.2) is 31.5 Å². The first kappa shape index (κ1) is 16.2. The summed E-state index contributed by atoms with van der Waals surface area (Å²) in [6.07, 6.45) is 4.82. The van der Waals surface area contributed by atoms with Gasteiger partial charge in [0.1, 0.15) is 5.60 Å². The van der Waals surface area contributed by atoms with E-state index >= 15 is 0 Å². The van der Waals surface area contributed by atoms with Gasteiger partial charge in [0.05, 0.1) is 0 Å². The van der Waals surface area contributed by atoms with Crippen molar-refractivity contribution in [2.24, 2.45) is 0 Å². The first-order chi connectivity index (χ1) is 7.95. The largest absolute Gasteiger partial charge is 0.444 e. The van der Waals surface area contributed by atoms with Crippen LogP contribution in [0.15, 0.2) is 0 Å². The van der Waals surface area contributed by atoms with Gasteiger partial charge in [-0.1, -0.05) is 13.3 Å². The van der Waals surface area contributed by atoms with E-state index in [0.29, 0.717) is 19.8 Å². The van der Waals surface area contributed by atoms with Crippen LogP contribution in [0.25, 0.3) is 0 Å². The fourth-order valence-electron chi connectivity index (χ4n) is 1.13. The van der Waals surface area contributed by atoms with E-state index in [4.69, 9.17) is 9.47 Å². The molecular formula is C13H26NO3. The summed E-state index contributed by atoms with van der Waals surface area (Å²) < 4.78 is 10.5. The fourth-order valence-corrected chi connectivity index (χ4v) is 1.13. The molecule has 1 N–H and O–H groups in total. The number of carbonyl (C=O) groups is 1. The predicted molar refractivity (Wildman–Crippen MR) is 68.9 cm³/mol. The van der Waals surface area contributed by atoms with Gasteiger partial charge in [0.25, 0.3) is 0 Å². The van der Waals surface area contributed by atoms with Gasteiger partial charge < -0.3 is 14.8 Å². The zero-order chi connectivity index (χ0) is 13.1. The zero-order valence-electron chi connectivity index (χ0n) is 11.5. The number of ether oxygens (including phenoxy) is 2. The maximum Gasteiger partial charge on any atom is 0.407 e. The van der Waals surface area contributed by atoms with Gasteiger partial charge >= 0.3 is 6.09 Å². The highest BCUT2D eigenvalue weighted by atomic mass is 16.6. The van der Waals surface area contributed by atoms with Crippen molar-refractivity contribution in [2.45, 2.75) is 52.6 Å². The van der Waals surface area contributed by atoms with E-state index in [0.717, 1.165) is 19.3 Å². The zero-order valence-corrected chi connectivity index (χ0v) is 11.5. The highest BCUT2D eigenvalue weighted by Gasteiger charge is 2.15. The van der Waals surface area contributed by atoms with Crippen LogP contribution in [0.3, 0.4) is 0 Å². The molecule has 0 aromatic carbocycles. The minimum atomic E-state index is -0.435. The number of alkyl carbamates (subject to hydrolysis) is 1. The predicted octanol–water partition coefficient (Wildman–Crippen LogP) is 2.92. The maximum absolute atomic E-state index is 11.3. The normalized spacial score (nSPS) is 11.3. The summed E-state index contributed by atoms with van der Waals surface area (Å²) >= 11 is 0. The van der Waals surface area contributed by atoms with Crippen LogP contribution >= 0.6 is 0 Å². The fraction of sp³-hybridized carbons (Fsp3) is 0.846. The Hall–Kier alpha value is -0.770. The molecule has 0 aliphatic carbocycles. The van der Waals surface area contributed by atoms with Crippen LogP contribution in [0, 0.1) is 6.42 Å². The molecule has 0 saturated heterocycles. The van der Waals surface area contributed by atoms with Crippen molar-refractivity contribution < 1.29 is 14.3 Å². The molecule has 0 aliphatic heterocycles. The molecule has 0 bridgehead atoms. The number of carbonyl (C=O) groups excluding carboxylic acids is 1. The molecule has 0 saturated carbocycles. The van der Waals surface area contributed by atoms with E-state index in [1.54, 1.807) is 0 Å². The van der Waals surface area contributed by atoms with Crippen LogP contribution in [0.5, 0.6) is 0 Å². The summed E-state index contributed by atoms with van der Waals surface area (Å²) in [6.45, 7) is 9.62. The van der Waals surface area contributed by atoms with Gasteiger partial charge in [0, 0.05) is 19.8 Å². The van der Waals surface area contributed by atoms with Crippen molar-refractivity contribution >= 4 is 6.09 Å². The molecule has 0 heterocycles. The lowest BCUT2D eigenvalue weighted by Gasteiger charge is -2.19. The molecule has 0 unspecified atom stereocenters. The average molecular weight is 244 g/mol. The molecular weight excluding hydrogens is 218 g/mol. The number of amides is 1. The quantitative estimate of drug-likeness (QED) is 0.668. The third-order valence-corrected chi connectivity index (χ3v) is 1.86. The number of nitrogens with one attached hydrogen (secondary N) is 1. The van der Waals surface area contributed by atoms with Gasteiger partial charge in [-0.05, 0) is 40.0 Å². The summed E-state index contributed by atoms with van der Waals surface area (Å²) in [5.74, 6) is 0. The third kappa shape index (κ3) is 13.2. The Bertz CT molecular complexity index is 199. The molecule has 0 rings (SSSR count). The molecule has 0 atom stereocenters. The van der Waals surface area contributed by atoms with Gasteiger partial charge in [-0.2, -0.15) is 0 Å². The van der Waals surface area contributed by atoms with Crippen molar-refractivity contribution in [3.8, 4) is 0 Å². The summed E-state index contributed by atoms with van der Waals surface area (Å²) in [7, 11) is 0. The number of rotatable bonds is 8. The SMILES string of the molecule is CCC[CH]COCCCNC(=O)OC(C)(C)C. The van der Waals surface area contributed by atoms with Crippen molar-refractivity contribution in [1.29, 1.82) is 0 Å². The van der Waals surface area contributed by atoms with E-state index in [9.17, 15) is 4.79 Å². The minimum Gasteiger partial charge on any atom is -0.444 e. The lowest BCUT2D eigenvalue weighted by molar-refractivity contribution is 0.0521. The van der Waals surface area contributed by atoms with Gasteiger partial charge in [-0.3, -0.25) is 0 Å². The number of hydrogen-bond donors (Lipinski definition) is 1. The smallest absolute Gasteiger partial charge is 0.407 e. The van der Waals surface area contributed by atoms with Crippen LogP contribution in [-0.2, 0) is 9.47 Å². The summed E-state index contributed by atoms with van der Waals surface area (Å²) in [4.78, 5) is 11.3. The first-order valence-corrected chi connectivity index (χ1v) is 6.32. The lowest BCUT2D eigenvalue weighted by Crippen LogP contribution is -2.33. The van der Waals surface area contributed by atoms with Gasteiger partial charge in [0.2, 0.25) is 0 Å². The highest BCUT2D eigenvalue weighted by molar-refractivity contribution is 5.67. The van der Waals surface area contributed by atoms with Crippen molar-refractivity contribution in [3.63, 3.8) is 0 Å². The topological polar surface area (TPSA) is 47.6 Å². The number of hydrogen-bond acceptors (Lipinski definition) is 3. The molecule has 0 aromatic heterocycles. The maximum atomic E-state index is 11.3. The Morgan fingerprint density at radius 1 is 1.35 bits per heavy atom. The molecule has 0 fully saturated rings. The van der Waals surface area contributed by atoms with E-state index in [-0.39, 0.29) is 6.09 Å². The Morgan fingerprint density at radius 2 is 2.06 bits per heavy atom. The van der Waals surface area contributed by atoms with E-state index < -0.39 is 5.60 Å². The molecule has 4 nitrogen and oxygen atoms in total. The third-order valence-electron chi connectivity index (χ3n) is 1.86. The number of unbranched alkanes of at least 4 members (excludes halogenated alkanes) is 2. The highest BCUT2D eigenvalue weighted by Crippen LogP contribution is 2.06. The average Bonchev–Trinajstić information content (AvgIpc) is 2.19. The van der Waals surface area contributed by atoms with Crippen LogP contribution in [0.1, 0.15) is 47.0 Å². The Balaban J connectivity index is 3.25. The second-order valence-electron chi connectivity index (χ2n) is 4.93. The molecule has 1 radical (unpaired) electrons. The summed E-state index contributed by atoms with van der Waals surface area (Å²) in [6, 6.07) is 0. The van der Waals surface area contributed by atoms with Crippen molar-refractivity contribution in [2.75, 3.05) is 19.8 Å². The van der Waals surface area contributed by atoms with Crippen LogP contribution in [0.4, 0.5) is 4.79 Å². The summed E-state index contributed by atoms with van der Waals surface area (Å²) in [5, 5.41) is 2.69. The Labute approximate surface area is 105 Å². The van der Waals surface area contributed by atoms with Gasteiger partial charge in [-0.25, -0.2) is 4.79 Å². The molecule has 1 amide bonds. The van der Waals surface area contributed by atoms with E-state index in [1.807, 2.05) is 20.8 Å². The second kappa shape index (κ2) is 9.28. The molecule has 0 spiro atoms. The van der Waals surface area contributed by atoms with Crippen molar-refractivity contribution in [1.82, 2.24) is 5.32 Å². The van der Waals surface area contributed by atoms with Crippen LogP contribution in [0.2, 0.25) is 0 Å².